The highest BCUT2D eigenvalue weighted by molar-refractivity contribution is 5.99. The van der Waals surface area contributed by atoms with Crippen molar-refractivity contribution < 1.29 is 9.94 Å². The Morgan fingerprint density at radius 2 is 2.00 bits per heavy atom. The van der Waals surface area contributed by atoms with Gasteiger partial charge in [-0.15, -0.1) is 0 Å². The van der Waals surface area contributed by atoms with Gasteiger partial charge < -0.3 is 15.7 Å². The summed E-state index contributed by atoms with van der Waals surface area (Å²) in [7, 11) is 0. The Balaban J connectivity index is 2.33. The van der Waals surface area contributed by atoms with Gasteiger partial charge in [0, 0.05) is 6.20 Å². The number of pyridine rings is 1. The fraction of sp³-hybridized carbons (Fsp3) is 0. The molecule has 0 unspecified atom stereocenters. The SMILES string of the molecule is N/C(=N/O)c1ccncc1Oc1ccccc1. The number of hydrogen-bond donors (Lipinski definition) is 2. The van der Waals surface area contributed by atoms with Gasteiger partial charge in [0.15, 0.2) is 11.6 Å². The molecule has 5 heteroatoms. The average Bonchev–Trinajstić information content (AvgIpc) is 2.40. The number of hydrogen-bond acceptors (Lipinski definition) is 4. The molecule has 0 aliphatic rings. The molecule has 0 aliphatic heterocycles. The number of rotatable bonds is 3. The number of ether oxygens (including phenoxy) is 1. The van der Waals surface area contributed by atoms with E-state index in [2.05, 4.69) is 10.1 Å². The van der Waals surface area contributed by atoms with Crippen LogP contribution < -0.4 is 10.5 Å². The van der Waals surface area contributed by atoms with Gasteiger partial charge in [0.2, 0.25) is 0 Å². The zero-order valence-electron chi connectivity index (χ0n) is 8.95. The van der Waals surface area contributed by atoms with E-state index in [1.165, 1.54) is 6.20 Å². The van der Waals surface area contributed by atoms with Gasteiger partial charge in [0.1, 0.15) is 5.75 Å². The quantitative estimate of drug-likeness (QED) is 0.365. The molecule has 0 saturated carbocycles. The molecule has 1 heterocycles. The van der Waals surface area contributed by atoms with Crippen LogP contribution in [0.4, 0.5) is 0 Å². The average molecular weight is 229 g/mol. The predicted octanol–water partition coefficient (Wildman–Crippen LogP) is 1.97. The summed E-state index contributed by atoms with van der Waals surface area (Å²) in [5, 5.41) is 11.6. The fourth-order valence-corrected chi connectivity index (χ4v) is 1.34. The monoisotopic (exact) mass is 229 g/mol. The summed E-state index contributed by atoms with van der Waals surface area (Å²) in [6, 6.07) is 10.8. The van der Waals surface area contributed by atoms with Crippen LogP contribution >= 0.6 is 0 Å². The largest absolute Gasteiger partial charge is 0.455 e. The van der Waals surface area contributed by atoms with Gasteiger partial charge in [-0.2, -0.15) is 0 Å². The van der Waals surface area contributed by atoms with Crippen molar-refractivity contribution in [2.45, 2.75) is 0 Å². The lowest BCUT2D eigenvalue weighted by Gasteiger charge is -2.08. The zero-order chi connectivity index (χ0) is 12.1. The van der Waals surface area contributed by atoms with Crippen LogP contribution in [0.2, 0.25) is 0 Å². The molecule has 0 aliphatic carbocycles. The third-order valence-corrected chi connectivity index (χ3v) is 2.14. The first-order valence-electron chi connectivity index (χ1n) is 4.96. The number of nitrogens with two attached hydrogens (primary N) is 1. The van der Waals surface area contributed by atoms with Crippen molar-refractivity contribution in [3.05, 3.63) is 54.4 Å². The molecule has 0 radical (unpaired) electrons. The number of nitrogens with zero attached hydrogens (tertiary/aromatic N) is 2. The van der Waals surface area contributed by atoms with Crippen molar-refractivity contribution in [3.63, 3.8) is 0 Å². The molecule has 2 rings (SSSR count). The third-order valence-electron chi connectivity index (χ3n) is 2.14. The van der Waals surface area contributed by atoms with Crippen LogP contribution in [0.15, 0.2) is 53.9 Å². The highest BCUT2D eigenvalue weighted by Crippen LogP contribution is 2.23. The molecule has 0 fully saturated rings. The summed E-state index contributed by atoms with van der Waals surface area (Å²) in [6.45, 7) is 0. The van der Waals surface area contributed by atoms with Gasteiger partial charge in [-0.3, -0.25) is 4.98 Å². The summed E-state index contributed by atoms with van der Waals surface area (Å²) in [5.41, 5.74) is 6.03. The Hall–Kier alpha value is -2.56. The number of para-hydroxylation sites is 1. The summed E-state index contributed by atoms with van der Waals surface area (Å²) in [4.78, 5) is 3.94. The topological polar surface area (TPSA) is 80.7 Å². The van der Waals surface area contributed by atoms with Gasteiger partial charge in [0.05, 0.1) is 11.8 Å². The first kappa shape index (κ1) is 10.9. The van der Waals surface area contributed by atoms with Crippen molar-refractivity contribution in [1.82, 2.24) is 4.98 Å². The Bertz CT molecular complexity index is 526. The highest BCUT2D eigenvalue weighted by atomic mass is 16.5. The second kappa shape index (κ2) is 4.98. The Morgan fingerprint density at radius 1 is 1.24 bits per heavy atom. The molecule has 5 nitrogen and oxygen atoms in total. The number of amidine groups is 1. The van der Waals surface area contributed by atoms with Gasteiger partial charge in [-0.1, -0.05) is 23.4 Å². The minimum atomic E-state index is -0.0154. The van der Waals surface area contributed by atoms with E-state index in [1.54, 1.807) is 12.3 Å². The number of benzene rings is 1. The van der Waals surface area contributed by atoms with Gasteiger partial charge in [-0.05, 0) is 18.2 Å². The van der Waals surface area contributed by atoms with E-state index in [0.717, 1.165) is 0 Å². The van der Waals surface area contributed by atoms with E-state index in [-0.39, 0.29) is 5.84 Å². The maximum Gasteiger partial charge on any atom is 0.173 e. The summed E-state index contributed by atoms with van der Waals surface area (Å²) >= 11 is 0. The van der Waals surface area contributed by atoms with Gasteiger partial charge in [0.25, 0.3) is 0 Å². The zero-order valence-corrected chi connectivity index (χ0v) is 8.95. The van der Waals surface area contributed by atoms with Gasteiger partial charge in [-0.25, -0.2) is 0 Å². The van der Waals surface area contributed by atoms with E-state index < -0.39 is 0 Å². The number of oxime groups is 1. The van der Waals surface area contributed by atoms with Crippen molar-refractivity contribution in [3.8, 4) is 11.5 Å². The molecule has 1 aromatic carbocycles. The van der Waals surface area contributed by atoms with Crippen LogP contribution in [0, 0.1) is 0 Å². The predicted molar refractivity (Wildman–Crippen MR) is 63.3 cm³/mol. The van der Waals surface area contributed by atoms with Crippen LogP contribution in [0.3, 0.4) is 0 Å². The molecule has 0 saturated heterocycles. The third kappa shape index (κ3) is 2.52. The normalized spacial score (nSPS) is 11.2. The number of aromatic nitrogens is 1. The Morgan fingerprint density at radius 3 is 2.71 bits per heavy atom. The first-order chi connectivity index (χ1) is 8.31. The Labute approximate surface area is 98.2 Å². The molecule has 0 spiro atoms. The molecule has 2 aromatic rings. The molecule has 1 aromatic heterocycles. The molecule has 3 N–H and O–H groups in total. The van der Waals surface area contributed by atoms with E-state index in [9.17, 15) is 0 Å². The molecule has 86 valence electrons. The smallest absolute Gasteiger partial charge is 0.173 e. The van der Waals surface area contributed by atoms with Crippen LogP contribution in [-0.2, 0) is 0 Å². The van der Waals surface area contributed by atoms with E-state index >= 15 is 0 Å². The molecule has 0 bridgehead atoms. The summed E-state index contributed by atoms with van der Waals surface area (Å²) in [5.74, 6) is 1.08. The van der Waals surface area contributed by atoms with Crippen LogP contribution in [0.25, 0.3) is 0 Å². The minimum Gasteiger partial charge on any atom is -0.455 e. The standard InChI is InChI=1S/C12H11N3O2/c13-12(15-16)10-6-7-14-8-11(10)17-9-4-2-1-3-5-9/h1-8,16H,(H2,13,15). The fourth-order valence-electron chi connectivity index (χ4n) is 1.34. The van der Waals surface area contributed by atoms with Crippen molar-refractivity contribution >= 4 is 5.84 Å². The minimum absolute atomic E-state index is 0.0154. The summed E-state index contributed by atoms with van der Waals surface area (Å²) < 4.78 is 5.60. The maximum absolute atomic E-state index is 8.67. The second-order valence-electron chi connectivity index (χ2n) is 3.27. The Kier molecular flexibility index (Phi) is 3.20. The second-order valence-corrected chi connectivity index (χ2v) is 3.27. The molecule has 17 heavy (non-hydrogen) atoms. The van der Waals surface area contributed by atoms with Gasteiger partial charge >= 0.3 is 0 Å². The van der Waals surface area contributed by atoms with Crippen LogP contribution in [0.1, 0.15) is 5.56 Å². The van der Waals surface area contributed by atoms with Crippen molar-refractivity contribution in [2.24, 2.45) is 10.9 Å². The van der Waals surface area contributed by atoms with Crippen LogP contribution in [0.5, 0.6) is 11.5 Å². The molecule has 0 atom stereocenters. The van der Waals surface area contributed by atoms with E-state index in [4.69, 9.17) is 15.7 Å². The molecule has 0 amide bonds. The molecular formula is C12H11N3O2. The first-order valence-corrected chi connectivity index (χ1v) is 4.96. The lowest BCUT2D eigenvalue weighted by molar-refractivity contribution is 0.318. The lowest BCUT2D eigenvalue weighted by Crippen LogP contribution is -2.14. The van der Waals surface area contributed by atoms with E-state index in [1.807, 2.05) is 30.3 Å². The lowest BCUT2D eigenvalue weighted by atomic mass is 10.2. The molecular weight excluding hydrogens is 218 g/mol. The maximum atomic E-state index is 8.67. The van der Waals surface area contributed by atoms with Crippen molar-refractivity contribution in [1.29, 1.82) is 0 Å². The van der Waals surface area contributed by atoms with Crippen LogP contribution in [-0.4, -0.2) is 16.0 Å². The van der Waals surface area contributed by atoms with E-state index in [0.29, 0.717) is 17.1 Å². The highest BCUT2D eigenvalue weighted by Gasteiger charge is 2.08. The van der Waals surface area contributed by atoms with Crippen molar-refractivity contribution in [2.75, 3.05) is 0 Å². The summed E-state index contributed by atoms with van der Waals surface area (Å²) in [6.07, 6.45) is 3.06.